The van der Waals surface area contributed by atoms with Gasteiger partial charge in [-0.3, -0.25) is 9.52 Å². The molecule has 11 heteroatoms. The minimum Gasteiger partial charge on any atom is -0.277 e. The molecular weight excluding hydrogens is 423 g/mol. The zero-order chi connectivity index (χ0) is 19.1. The van der Waals surface area contributed by atoms with Crippen molar-refractivity contribution in [1.29, 1.82) is 0 Å². The number of amides is 1. The molecule has 1 aliphatic rings. The molecule has 1 fully saturated rings. The van der Waals surface area contributed by atoms with Gasteiger partial charge in [-0.05, 0) is 36.4 Å². The number of carbonyl (C=O) groups is 1. The van der Waals surface area contributed by atoms with Gasteiger partial charge in [-0.25, -0.2) is 21.1 Å². The second kappa shape index (κ2) is 6.73. The highest BCUT2D eigenvalue weighted by atomic mass is 35.5. The molecule has 0 unspecified atom stereocenters. The molecule has 2 aromatic carbocycles. The smallest absolute Gasteiger partial charge is 0.261 e. The predicted molar refractivity (Wildman–Crippen MR) is 99.6 cm³/mol. The number of rotatable bonds is 4. The van der Waals surface area contributed by atoms with Gasteiger partial charge in [0.1, 0.15) is 0 Å². The second-order valence-corrected chi connectivity index (χ2v) is 9.85. The quantitative estimate of drug-likeness (QED) is 0.796. The van der Waals surface area contributed by atoms with E-state index < -0.39 is 26.0 Å². The Morgan fingerprint density at radius 2 is 1.58 bits per heavy atom. The average molecular weight is 435 g/mol. The summed E-state index contributed by atoms with van der Waals surface area (Å²) in [6.07, 6.45) is -0.102. The predicted octanol–water partition coefficient (Wildman–Crippen LogP) is 2.86. The molecule has 26 heavy (non-hydrogen) atoms. The minimum atomic E-state index is -4.01. The summed E-state index contributed by atoms with van der Waals surface area (Å²) in [5, 5.41) is 0.262. The van der Waals surface area contributed by atoms with Crippen LogP contribution in [0.25, 0.3) is 0 Å². The number of anilines is 2. The molecule has 1 N–H and O–H groups in total. The van der Waals surface area contributed by atoms with Crippen molar-refractivity contribution in [1.82, 2.24) is 0 Å². The summed E-state index contributed by atoms with van der Waals surface area (Å²) in [7, 11) is -7.73. The lowest BCUT2D eigenvalue weighted by Crippen LogP contribution is -2.29. The largest absolute Gasteiger partial charge is 0.277 e. The van der Waals surface area contributed by atoms with Gasteiger partial charge in [0.25, 0.3) is 10.0 Å². The van der Waals surface area contributed by atoms with E-state index in [1.165, 1.54) is 36.4 Å². The molecule has 0 radical (unpaired) electrons. The van der Waals surface area contributed by atoms with Gasteiger partial charge in [0.05, 0.1) is 32.1 Å². The first-order chi connectivity index (χ1) is 12.1. The Balaban J connectivity index is 1.92. The monoisotopic (exact) mass is 434 g/mol. The minimum absolute atomic E-state index is 0.0391. The number of hydrogen-bond acceptors (Lipinski definition) is 5. The maximum Gasteiger partial charge on any atom is 0.261 e. The summed E-state index contributed by atoms with van der Waals surface area (Å²) in [6, 6.07) is 9.45. The molecular formula is C15H12Cl2N2O5S2. The van der Waals surface area contributed by atoms with Crippen LogP contribution in [0.1, 0.15) is 6.42 Å². The number of halogens is 2. The van der Waals surface area contributed by atoms with Crippen molar-refractivity contribution in [3.05, 3.63) is 52.5 Å². The van der Waals surface area contributed by atoms with Gasteiger partial charge in [-0.1, -0.05) is 29.3 Å². The number of nitrogens with zero attached hydrogens (tertiary/aromatic N) is 1. The summed E-state index contributed by atoms with van der Waals surface area (Å²) in [6.45, 7) is 0. The van der Waals surface area contributed by atoms with Crippen LogP contribution in [0, 0.1) is 0 Å². The highest BCUT2D eigenvalue weighted by Gasteiger charge is 2.36. The van der Waals surface area contributed by atoms with Crippen LogP contribution in [-0.2, 0) is 24.8 Å². The van der Waals surface area contributed by atoms with Crippen LogP contribution in [0.5, 0.6) is 0 Å². The lowest BCUT2D eigenvalue weighted by atomic mass is 10.3. The molecule has 0 atom stereocenters. The third-order valence-electron chi connectivity index (χ3n) is 3.66. The summed E-state index contributed by atoms with van der Waals surface area (Å²) < 4.78 is 51.8. The van der Waals surface area contributed by atoms with Crippen molar-refractivity contribution in [2.45, 2.75) is 11.3 Å². The first-order valence-corrected chi connectivity index (χ1v) is 11.1. The number of hydrogen-bond donors (Lipinski definition) is 1. The van der Waals surface area contributed by atoms with Crippen LogP contribution in [0.4, 0.5) is 11.4 Å². The van der Waals surface area contributed by atoms with Crippen LogP contribution < -0.4 is 9.03 Å². The van der Waals surface area contributed by atoms with E-state index in [4.69, 9.17) is 23.2 Å². The maximum absolute atomic E-state index is 12.5. The van der Waals surface area contributed by atoms with E-state index in [2.05, 4.69) is 4.72 Å². The van der Waals surface area contributed by atoms with Gasteiger partial charge < -0.3 is 0 Å². The van der Waals surface area contributed by atoms with Crippen LogP contribution in [-0.4, -0.2) is 28.5 Å². The van der Waals surface area contributed by atoms with Crippen LogP contribution in [0.2, 0.25) is 10.0 Å². The maximum atomic E-state index is 12.5. The van der Waals surface area contributed by atoms with Gasteiger partial charge >= 0.3 is 0 Å². The average Bonchev–Trinajstić information content (AvgIpc) is 2.84. The van der Waals surface area contributed by atoms with E-state index >= 15 is 0 Å². The second-order valence-electron chi connectivity index (χ2n) is 5.42. The molecule has 0 bridgehead atoms. The van der Waals surface area contributed by atoms with E-state index in [-0.39, 0.29) is 38.5 Å². The van der Waals surface area contributed by atoms with Gasteiger partial charge in [-0.2, -0.15) is 0 Å². The first kappa shape index (κ1) is 19.0. The van der Waals surface area contributed by atoms with E-state index in [0.717, 1.165) is 0 Å². The van der Waals surface area contributed by atoms with Crippen molar-refractivity contribution >= 4 is 60.5 Å². The van der Waals surface area contributed by atoms with E-state index in [1.54, 1.807) is 6.07 Å². The SMILES string of the molecule is O=C1CCS(=O)(=O)N1c1ccc(S(=O)(=O)Nc2c(Cl)cccc2Cl)cc1. The topological polar surface area (TPSA) is 101 Å². The van der Waals surface area contributed by atoms with Crippen molar-refractivity contribution in [3.63, 3.8) is 0 Å². The third-order valence-corrected chi connectivity index (χ3v) is 7.35. The number of para-hydroxylation sites is 1. The molecule has 0 aromatic heterocycles. The summed E-state index contributed by atoms with van der Waals surface area (Å²) in [5.41, 5.74) is 0.124. The Bertz CT molecular complexity index is 1060. The first-order valence-electron chi connectivity index (χ1n) is 7.24. The molecule has 0 spiro atoms. The fourth-order valence-electron chi connectivity index (χ4n) is 2.42. The standard InChI is InChI=1S/C15H12Cl2N2O5S2/c16-12-2-1-3-13(17)15(12)18-26(23,24)11-6-4-10(5-7-11)19-14(20)8-9-25(19,21)22/h1-7,18H,8-9H2. The molecule has 1 amide bonds. The molecule has 0 saturated carbocycles. The summed E-state index contributed by atoms with van der Waals surface area (Å²) in [4.78, 5) is 11.6. The normalized spacial score (nSPS) is 16.7. The van der Waals surface area contributed by atoms with Crippen molar-refractivity contribution in [2.24, 2.45) is 0 Å². The van der Waals surface area contributed by atoms with Gasteiger partial charge in [-0.15, -0.1) is 0 Å². The molecule has 1 saturated heterocycles. The Hall–Kier alpha value is -1.81. The van der Waals surface area contributed by atoms with Gasteiger partial charge in [0.2, 0.25) is 15.9 Å². The molecule has 1 heterocycles. The Labute approximate surface area is 160 Å². The summed E-state index contributed by atoms with van der Waals surface area (Å²) in [5.74, 6) is -0.820. The fraction of sp³-hybridized carbons (Fsp3) is 0.133. The zero-order valence-corrected chi connectivity index (χ0v) is 16.2. The lowest BCUT2D eigenvalue weighted by Gasteiger charge is -2.16. The molecule has 7 nitrogen and oxygen atoms in total. The van der Waals surface area contributed by atoms with Gasteiger partial charge in [0.15, 0.2) is 0 Å². The van der Waals surface area contributed by atoms with Crippen molar-refractivity contribution in [3.8, 4) is 0 Å². The lowest BCUT2D eigenvalue weighted by molar-refractivity contribution is -0.116. The Kier molecular flexibility index (Phi) is 4.91. The molecule has 0 aliphatic carbocycles. The van der Waals surface area contributed by atoms with Crippen LogP contribution in [0.15, 0.2) is 47.4 Å². The molecule has 2 aromatic rings. The van der Waals surface area contributed by atoms with Crippen LogP contribution in [0.3, 0.4) is 0 Å². The molecule has 3 rings (SSSR count). The third kappa shape index (κ3) is 3.52. The number of carbonyl (C=O) groups excluding carboxylic acids is 1. The molecule has 138 valence electrons. The van der Waals surface area contributed by atoms with E-state index in [0.29, 0.717) is 4.31 Å². The van der Waals surface area contributed by atoms with Crippen molar-refractivity contribution in [2.75, 3.05) is 14.8 Å². The van der Waals surface area contributed by atoms with E-state index in [9.17, 15) is 21.6 Å². The van der Waals surface area contributed by atoms with Crippen molar-refractivity contribution < 1.29 is 21.6 Å². The van der Waals surface area contributed by atoms with Crippen LogP contribution >= 0.6 is 23.2 Å². The van der Waals surface area contributed by atoms with E-state index in [1.807, 2.05) is 0 Å². The highest BCUT2D eigenvalue weighted by Crippen LogP contribution is 2.32. The number of sulfonamides is 2. The number of nitrogens with one attached hydrogen (secondary N) is 1. The molecule has 1 aliphatic heterocycles. The highest BCUT2D eigenvalue weighted by molar-refractivity contribution is 7.94. The Morgan fingerprint density at radius 1 is 1.00 bits per heavy atom. The zero-order valence-electron chi connectivity index (χ0n) is 13.0. The number of benzene rings is 2. The Morgan fingerprint density at radius 3 is 2.08 bits per heavy atom. The summed E-state index contributed by atoms with van der Waals surface area (Å²) >= 11 is 11.9. The fourth-order valence-corrected chi connectivity index (χ4v) is 5.58. The van der Waals surface area contributed by atoms with Gasteiger partial charge in [0, 0.05) is 6.42 Å².